The number of carbonyl (C=O) groups is 1. The molecule has 2 rings (SSSR count). The molecule has 5 heteroatoms. The van der Waals surface area contributed by atoms with Crippen molar-refractivity contribution in [1.29, 1.82) is 0 Å². The molecule has 1 aromatic carbocycles. The van der Waals surface area contributed by atoms with Crippen LogP contribution in [0.3, 0.4) is 0 Å². The van der Waals surface area contributed by atoms with Crippen molar-refractivity contribution in [3.63, 3.8) is 0 Å². The Labute approximate surface area is 134 Å². The molecule has 21 heavy (non-hydrogen) atoms. The minimum atomic E-state index is 0.0138. The highest BCUT2D eigenvalue weighted by Gasteiger charge is 2.16. The minimum absolute atomic E-state index is 0.0138. The van der Waals surface area contributed by atoms with Crippen LogP contribution in [0.4, 0.5) is 5.69 Å². The van der Waals surface area contributed by atoms with Crippen molar-refractivity contribution in [2.75, 3.05) is 26.0 Å². The molecule has 112 valence electrons. The summed E-state index contributed by atoms with van der Waals surface area (Å²) in [5.74, 6) is 0.0138. The summed E-state index contributed by atoms with van der Waals surface area (Å²) < 4.78 is 2.75. The SMILES string of the molecule is CN(Cc1ccc(N(C)C)cc1)C(=O)c1cc(Br)cn1C. The summed E-state index contributed by atoms with van der Waals surface area (Å²) in [5.41, 5.74) is 2.94. The van der Waals surface area contributed by atoms with Gasteiger partial charge in [0, 0.05) is 51.1 Å². The normalized spacial score (nSPS) is 10.5. The number of aryl methyl sites for hydroxylation is 1. The second kappa shape index (κ2) is 6.35. The van der Waals surface area contributed by atoms with E-state index in [1.165, 1.54) is 0 Å². The lowest BCUT2D eigenvalue weighted by atomic mass is 10.2. The van der Waals surface area contributed by atoms with Crippen LogP contribution in [0.25, 0.3) is 0 Å². The molecule has 0 bridgehead atoms. The summed E-state index contributed by atoms with van der Waals surface area (Å²) in [4.78, 5) is 16.2. The number of carbonyl (C=O) groups excluding carboxylic acids is 1. The van der Waals surface area contributed by atoms with Crippen LogP contribution >= 0.6 is 15.9 Å². The second-order valence-electron chi connectivity index (χ2n) is 5.38. The largest absolute Gasteiger partial charge is 0.378 e. The van der Waals surface area contributed by atoms with E-state index in [1.54, 1.807) is 4.90 Å². The number of aromatic nitrogens is 1. The fourth-order valence-corrected chi connectivity index (χ4v) is 2.70. The number of hydrogen-bond donors (Lipinski definition) is 0. The zero-order valence-corrected chi connectivity index (χ0v) is 14.4. The van der Waals surface area contributed by atoms with Crippen LogP contribution in [0.5, 0.6) is 0 Å². The third kappa shape index (κ3) is 3.67. The Morgan fingerprint density at radius 3 is 2.29 bits per heavy atom. The van der Waals surface area contributed by atoms with Gasteiger partial charge in [-0.05, 0) is 39.7 Å². The molecule has 0 aliphatic heterocycles. The van der Waals surface area contributed by atoms with Crippen molar-refractivity contribution in [1.82, 2.24) is 9.47 Å². The molecule has 1 heterocycles. The van der Waals surface area contributed by atoms with Gasteiger partial charge in [0.15, 0.2) is 0 Å². The summed E-state index contributed by atoms with van der Waals surface area (Å²) in [7, 11) is 7.72. The Morgan fingerprint density at radius 2 is 1.81 bits per heavy atom. The fourth-order valence-electron chi connectivity index (χ4n) is 2.18. The summed E-state index contributed by atoms with van der Waals surface area (Å²) in [6.45, 7) is 0.593. The molecule has 0 unspecified atom stereocenters. The zero-order chi connectivity index (χ0) is 15.6. The van der Waals surface area contributed by atoms with E-state index in [0.717, 1.165) is 15.7 Å². The van der Waals surface area contributed by atoms with Gasteiger partial charge in [-0.15, -0.1) is 0 Å². The second-order valence-corrected chi connectivity index (χ2v) is 6.29. The zero-order valence-electron chi connectivity index (χ0n) is 12.8. The van der Waals surface area contributed by atoms with E-state index in [4.69, 9.17) is 0 Å². The van der Waals surface area contributed by atoms with Crippen molar-refractivity contribution in [3.05, 3.63) is 52.3 Å². The Morgan fingerprint density at radius 1 is 1.19 bits per heavy atom. The molecular formula is C16H20BrN3O. The standard InChI is InChI=1S/C16H20BrN3O/c1-18(2)14-7-5-12(6-8-14)10-20(4)16(21)15-9-13(17)11-19(15)3/h5-9,11H,10H2,1-4H3. The first kappa shape index (κ1) is 15.6. The first-order valence-electron chi connectivity index (χ1n) is 6.72. The molecular weight excluding hydrogens is 330 g/mol. The van der Waals surface area contributed by atoms with E-state index in [2.05, 4.69) is 45.1 Å². The van der Waals surface area contributed by atoms with Gasteiger partial charge in [0.05, 0.1) is 0 Å². The number of hydrogen-bond acceptors (Lipinski definition) is 2. The lowest BCUT2D eigenvalue weighted by Gasteiger charge is -2.18. The first-order valence-corrected chi connectivity index (χ1v) is 7.51. The van der Waals surface area contributed by atoms with E-state index >= 15 is 0 Å². The Hall–Kier alpha value is -1.75. The van der Waals surface area contributed by atoms with Gasteiger partial charge >= 0.3 is 0 Å². The van der Waals surface area contributed by atoms with Crippen LogP contribution in [0.2, 0.25) is 0 Å². The summed E-state index contributed by atoms with van der Waals surface area (Å²) >= 11 is 3.39. The molecule has 0 atom stereocenters. The van der Waals surface area contributed by atoms with Crippen LogP contribution in [-0.2, 0) is 13.6 Å². The lowest BCUT2D eigenvalue weighted by Crippen LogP contribution is -2.27. The number of nitrogens with zero attached hydrogens (tertiary/aromatic N) is 3. The van der Waals surface area contributed by atoms with E-state index in [0.29, 0.717) is 12.2 Å². The number of rotatable bonds is 4. The molecule has 0 N–H and O–H groups in total. The molecule has 4 nitrogen and oxygen atoms in total. The van der Waals surface area contributed by atoms with Gasteiger partial charge in [0.2, 0.25) is 0 Å². The maximum atomic E-state index is 12.4. The first-order chi connectivity index (χ1) is 9.88. The Balaban J connectivity index is 2.08. The molecule has 0 aliphatic carbocycles. The molecule has 1 aromatic heterocycles. The number of anilines is 1. The average Bonchev–Trinajstić information content (AvgIpc) is 2.77. The number of benzene rings is 1. The maximum Gasteiger partial charge on any atom is 0.270 e. The van der Waals surface area contributed by atoms with Gasteiger partial charge in [-0.2, -0.15) is 0 Å². The van der Waals surface area contributed by atoms with E-state index in [9.17, 15) is 4.79 Å². The van der Waals surface area contributed by atoms with Crippen molar-refractivity contribution in [2.24, 2.45) is 7.05 Å². The van der Waals surface area contributed by atoms with Crippen molar-refractivity contribution >= 4 is 27.5 Å². The summed E-state index contributed by atoms with van der Waals surface area (Å²) in [6.07, 6.45) is 1.88. The number of halogens is 1. The van der Waals surface area contributed by atoms with Crippen molar-refractivity contribution in [2.45, 2.75) is 6.54 Å². The molecule has 0 aliphatic rings. The third-order valence-electron chi connectivity index (χ3n) is 3.41. The van der Waals surface area contributed by atoms with E-state index < -0.39 is 0 Å². The molecule has 0 radical (unpaired) electrons. The van der Waals surface area contributed by atoms with Crippen LogP contribution in [0.15, 0.2) is 41.0 Å². The van der Waals surface area contributed by atoms with Crippen LogP contribution in [0.1, 0.15) is 16.1 Å². The molecule has 0 saturated heterocycles. The quantitative estimate of drug-likeness (QED) is 0.848. The summed E-state index contributed by atoms with van der Waals surface area (Å²) in [5, 5.41) is 0. The highest BCUT2D eigenvalue weighted by Crippen LogP contribution is 2.17. The van der Waals surface area contributed by atoms with E-state index in [-0.39, 0.29) is 5.91 Å². The van der Waals surface area contributed by atoms with Crippen molar-refractivity contribution < 1.29 is 4.79 Å². The van der Waals surface area contributed by atoms with Crippen LogP contribution in [0, 0.1) is 0 Å². The minimum Gasteiger partial charge on any atom is -0.378 e. The van der Waals surface area contributed by atoms with Crippen LogP contribution < -0.4 is 4.90 Å². The predicted molar refractivity (Wildman–Crippen MR) is 89.7 cm³/mol. The topological polar surface area (TPSA) is 28.5 Å². The van der Waals surface area contributed by atoms with Crippen LogP contribution in [-0.4, -0.2) is 36.5 Å². The molecule has 0 saturated carbocycles. The Kier molecular flexibility index (Phi) is 4.73. The predicted octanol–water partition coefficient (Wildman–Crippen LogP) is 3.13. The maximum absolute atomic E-state index is 12.4. The highest BCUT2D eigenvalue weighted by atomic mass is 79.9. The molecule has 2 aromatic rings. The number of amides is 1. The van der Waals surface area contributed by atoms with Gasteiger partial charge in [-0.1, -0.05) is 12.1 Å². The molecule has 0 fully saturated rings. The Bertz CT molecular complexity index is 631. The van der Waals surface area contributed by atoms with Crippen molar-refractivity contribution in [3.8, 4) is 0 Å². The van der Waals surface area contributed by atoms with Gasteiger partial charge < -0.3 is 14.4 Å². The van der Waals surface area contributed by atoms with Gasteiger partial charge in [0.25, 0.3) is 5.91 Å². The fraction of sp³-hybridized carbons (Fsp3) is 0.312. The van der Waals surface area contributed by atoms with Gasteiger partial charge in [0.1, 0.15) is 5.69 Å². The third-order valence-corrected chi connectivity index (χ3v) is 3.84. The highest BCUT2D eigenvalue weighted by molar-refractivity contribution is 9.10. The smallest absolute Gasteiger partial charge is 0.270 e. The lowest BCUT2D eigenvalue weighted by molar-refractivity contribution is 0.0775. The monoisotopic (exact) mass is 349 g/mol. The van der Waals surface area contributed by atoms with Gasteiger partial charge in [-0.3, -0.25) is 4.79 Å². The molecule has 1 amide bonds. The molecule has 0 spiro atoms. The average molecular weight is 350 g/mol. The van der Waals surface area contributed by atoms with E-state index in [1.807, 2.05) is 45.0 Å². The summed E-state index contributed by atoms with van der Waals surface area (Å²) in [6, 6.07) is 10.1. The van der Waals surface area contributed by atoms with Gasteiger partial charge in [-0.25, -0.2) is 0 Å².